The van der Waals surface area contributed by atoms with E-state index in [4.69, 9.17) is 11.6 Å². The van der Waals surface area contributed by atoms with Gasteiger partial charge in [-0.15, -0.1) is 0 Å². The molecule has 0 unspecified atom stereocenters. The Hall–Kier alpha value is -4.05. The summed E-state index contributed by atoms with van der Waals surface area (Å²) in [4.78, 5) is 23.7. The van der Waals surface area contributed by atoms with Gasteiger partial charge < -0.3 is 5.32 Å². The van der Waals surface area contributed by atoms with Gasteiger partial charge in [0.15, 0.2) is 5.82 Å². The normalized spacial score (nSPS) is 11.0. The molecule has 1 N–H and O–H groups in total. The second-order valence-corrected chi connectivity index (χ2v) is 8.56. The van der Waals surface area contributed by atoms with E-state index >= 15 is 0 Å². The molecule has 0 aliphatic carbocycles. The molecular formula is C24H22ClFN6O3. The number of amides is 1. The Morgan fingerprint density at radius 1 is 1.09 bits per heavy atom. The highest BCUT2D eigenvalue weighted by Crippen LogP contribution is 2.23. The second-order valence-electron chi connectivity index (χ2n) is 8.15. The predicted octanol–water partition coefficient (Wildman–Crippen LogP) is 5.05. The van der Waals surface area contributed by atoms with Crippen molar-refractivity contribution >= 4 is 29.0 Å². The van der Waals surface area contributed by atoms with E-state index in [2.05, 4.69) is 15.5 Å². The lowest BCUT2D eigenvalue weighted by molar-refractivity contribution is -0.386. The highest BCUT2D eigenvalue weighted by Gasteiger charge is 2.22. The molecule has 1 amide bonds. The van der Waals surface area contributed by atoms with E-state index in [1.807, 2.05) is 13.0 Å². The average Bonchev–Trinajstić information content (AvgIpc) is 3.27. The van der Waals surface area contributed by atoms with Crippen LogP contribution in [0.15, 0.2) is 48.5 Å². The number of hydrogen-bond donors (Lipinski definition) is 1. The van der Waals surface area contributed by atoms with Gasteiger partial charge in [-0.05, 0) is 56.2 Å². The Balaban J connectivity index is 1.48. The second kappa shape index (κ2) is 9.67. The van der Waals surface area contributed by atoms with Gasteiger partial charge in [0, 0.05) is 22.3 Å². The first-order valence-corrected chi connectivity index (χ1v) is 11.1. The maximum absolute atomic E-state index is 13.3. The first-order valence-electron chi connectivity index (χ1n) is 10.7. The molecule has 0 radical (unpaired) electrons. The Morgan fingerprint density at radius 3 is 2.54 bits per heavy atom. The molecular weight excluding hydrogens is 475 g/mol. The maximum atomic E-state index is 13.3. The number of nitrogens with one attached hydrogen (secondary N) is 1. The van der Waals surface area contributed by atoms with E-state index < -0.39 is 10.7 Å². The van der Waals surface area contributed by atoms with Gasteiger partial charge in [0.25, 0.3) is 5.91 Å². The van der Waals surface area contributed by atoms with Gasteiger partial charge in [0.05, 0.1) is 18.0 Å². The third-order valence-corrected chi connectivity index (χ3v) is 5.96. The molecule has 0 fully saturated rings. The lowest BCUT2D eigenvalue weighted by Gasteiger charge is -2.08. The predicted molar refractivity (Wildman–Crippen MR) is 129 cm³/mol. The summed E-state index contributed by atoms with van der Waals surface area (Å²) in [5.74, 6) is -0.400. The monoisotopic (exact) mass is 496 g/mol. The van der Waals surface area contributed by atoms with Crippen molar-refractivity contribution in [2.75, 3.05) is 5.32 Å². The van der Waals surface area contributed by atoms with Crippen LogP contribution >= 0.6 is 11.6 Å². The molecule has 0 atom stereocenters. The van der Waals surface area contributed by atoms with E-state index in [0.29, 0.717) is 39.9 Å². The van der Waals surface area contributed by atoms with Crippen molar-refractivity contribution in [3.8, 4) is 0 Å². The highest BCUT2D eigenvalue weighted by atomic mass is 35.5. The summed E-state index contributed by atoms with van der Waals surface area (Å²) in [6.45, 7) is 5.69. The van der Waals surface area contributed by atoms with Crippen LogP contribution in [-0.4, -0.2) is 30.4 Å². The highest BCUT2D eigenvalue weighted by molar-refractivity contribution is 6.31. The molecule has 180 valence electrons. The van der Waals surface area contributed by atoms with Gasteiger partial charge in [-0.1, -0.05) is 29.8 Å². The van der Waals surface area contributed by atoms with Crippen LogP contribution in [0.5, 0.6) is 0 Å². The zero-order valence-electron chi connectivity index (χ0n) is 19.2. The standard InChI is InChI=1S/C24H22ClFN6O3/c1-14-9-22(29-30(14)13-19-7-8-20(26)11-21(19)25)27-24(33)18-6-4-5-17(10-18)12-31-16(3)23(32(34)35)15(2)28-31/h4-11H,12-13H2,1-3H3,(H,27,29,33). The molecule has 2 heterocycles. The number of benzene rings is 2. The minimum Gasteiger partial charge on any atom is -0.305 e. The van der Waals surface area contributed by atoms with Crippen LogP contribution in [0.1, 0.15) is 38.6 Å². The summed E-state index contributed by atoms with van der Waals surface area (Å²) in [6, 6.07) is 12.9. The largest absolute Gasteiger partial charge is 0.312 e. The van der Waals surface area contributed by atoms with Crippen molar-refractivity contribution < 1.29 is 14.1 Å². The smallest absolute Gasteiger partial charge is 0.305 e. The first kappa shape index (κ1) is 24.1. The summed E-state index contributed by atoms with van der Waals surface area (Å²) < 4.78 is 16.5. The van der Waals surface area contributed by atoms with Crippen LogP contribution < -0.4 is 5.32 Å². The van der Waals surface area contributed by atoms with E-state index in [1.54, 1.807) is 53.5 Å². The Morgan fingerprint density at radius 2 is 1.86 bits per heavy atom. The molecule has 0 spiro atoms. The van der Waals surface area contributed by atoms with Crippen LogP contribution in [0.4, 0.5) is 15.9 Å². The summed E-state index contributed by atoms with van der Waals surface area (Å²) in [5, 5.41) is 23.0. The molecule has 0 aliphatic heterocycles. The molecule has 0 saturated carbocycles. The van der Waals surface area contributed by atoms with Crippen molar-refractivity contribution in [2.45, 2.75) is 33.9 Å². The number of rotatable bonds is 7. The Kier molecular flexibility index (Phi) is 6.65. The molecule has 4 rings (SSSR count). The van der Waals surface area contributed by atoms with E-state index in [9.17, 15) is 19.3 Å². The number of aromatic nitrogens is 4. The minimum absolute atomic E-state index is 0.00761. The summed E-state index contributed by atoms with van der Waals surface area (Å²) >= 11 is 6.12. The van der Waals surface area contributed by atoms with Crippen LogP contribution in [0.3, 0.4) is 0 Å². The van der Waals surface area contributed by atoms with E-state index in [-0.39, 0.29) is 18.1 Å². The van der Waals surface area contributed by atoms with Crippen molar-refractivity contribution in [3.63, 3.8) is 0 Å². The molecule has 2 aromatic heterocycles. The van der Waals surface area contributed by atoms with Gasteiger partial charge in [0.1, 0.15) is 17.2 Å². The summed E-state index contributed by atoms with van der Waals surface area (Å²) in [5.41, 5.74) is 3.46. The number of carbonyl (C=O) groups excluding carboxylic acids is 1. The van der Waals surface area contributed by atoms with E-state index in [1.165, 1.54) is 12.1 Å². The van der Waals surface area contributed by atoms with Crippen LogP contribution in [0.2, 0.25) is 5.02 Å². The first-order chi connectivity index (χ1) is 16.6. The van der Waals surface area contributed by atoms with Gasteiger partial charge in [-0.25, -0.2) is 4.39 Å². The number of anilines is 1. The number of nitro groups is 1. The third-order valence-electron chi connectivity index (χ3n) is 5.61. The average molecular weight is 497 g/mol. The van der Waals surface area contributed by atoms with Crippen molar-refractivity contribution in [3.05, 3.63) is 103 Å². The fraction of sp³-hybridized carbons (Fsp3) is 0.208. The third kappa shape index (κ3) is 5.22. The molecule has 0 aliphatic rings. The van der Waals surface area contributed by atoms with Crippen LogP contribution in [0, 0.1) is 36.7 Å². The molecule has 11 heteroatoms. The quantitative estimate of drug-likeness (QED) is 0.284. The zero-order valence-corrected chi connectivity index (χ0v) is 20.0. The lowest BCUT2D eigenvalue weighted by atomic mass is 10.1. The SMILES string of the molecule is Cc1nn(Cc2cccc(C(=O)Nc3cc(C)n(Cc4ccc(F)cc4Cl)n3)c2)c(C)c1[N+](=O)[O-]. The molecule has 2 aromatic carbocycles. The van der Waals surface area contributed by atoms with Gasteiger partial charge in [0.2, 0.25) is 0 Å². The maximum Gasteiger partial charge on any atom is 0.312 e. The molecule has 35 heavy (non-hydrogen) atoms. The topological polar surface area (TPSA) is 108 Å². The lowest BCUT2D eigenvalue weighted by Crippen LogP contribution is -2.14. The molecule has 0 bridgehead atoms. The zero-order chi connectivity index (χ0) is 25.3. The summed E-state index contributed by atoms with van der Waals surface area (Å²) in [6.07, 6.45) is 0. The van der Waals surface area contributed by atoms with Gasteiger partial charge >= 0.3 is 5.69 Å². The fourth-order valence-electron chi connectivity index (χ4n) is 3.82. The molecule has 0 saturated heterocycles. The minimum atomic E-state index is -0.441. The Labute approximate surface area is 205 Å². The number of hydrogen-bond acceptors (Lipinski definition) is 5. The van der Waals surface area contributed by atoms with Crippen molar-refractivity contribution in [1.29, 1.82) is 0 Å². The van der Waals surface area contributed by atoms with Crippen molar-refractivity contribution in [2.24, 2.45) is 0 Å². The van der Waals surface area contributed by atoms with Crippen LogP contribution in [0.25, 0.3) is 0 Å². The molecule has 9 nitrogen and oxygen atoms in total. The summed E-state index contributed by atoms with van der Waals surface area (Å²) in [7, 11) is 0. The fourth-order valence-corrected chi connectivity index (χ4v) is 4.05. The number of aryl methyl sites for hydroxylation is 2. The number of nitrogens with zero attached hydrogens (tertiary/aromatic N) is 5. The Bertz CT molecular complexity index is 1450. The van der Waals surface area contributed by atoms with Gasteiger partial charge in [-0.2, -0.15) is 10.2 Å². The van der Waals surface area contributed by atoms with Crippen LogP contribution in [-0.2, 0) is 13.1 Å². The number of carbonyl (C=O) groups is 1. The van der Waals surface area contributed by atoms with E-state index in [0.717, 1.165) is 11.3 Å². The van der Waals surface area contributed by atoms with Gasteiger partial charge in [-0.3, -0.25) is 24.3 Å². The van der Waals surface area contributed by atoms with Crippen molar-refractivity contribution in [1.82, 2.24) is 19.6 Å². The number of halogens is 2. The molecule has 4 aromatic rings.